The highest BCUT2D eigenvalue weighted by Gasteiger charge is 2.24. The lowest BCUT2D eigenvalue weighted by atomic mass is 10.4. The number of nitrogens with zero attached hydrogens (tertiary/aromatic N) is 4. The minimum Gasteiger partial charge on any atom is -0.475 e. The molecule has 1 saturated carbocycles. The zero-order valence-corrected chi connectivity index (χ0v) is 16.9. The summed E-state index contributed by atoms with van der Waals surface area (Å²) in [6.45, 7) is 2.84. The molecule has 4 N–H and O–H groups in total. The highest BCUT2D eigenvalue weighted by molar-refractivity contribution is 8.14. The second kappa shape index (κ2) is 11.7. The van der Waals surface area contributed by atoms with E-state index in [-0.39, 0.29) is 23.0 Å². The number of pyridine rings is 1. The van der Waals surface area contributed by atoms with Crippen molar-refractivity contribution in [2.45, 2.75) is 25.1 Å². The van der Waals surface area contributed by atoms with Crippen molar-refractivity contribution >= 4 is 28.6 Å². The van der Waals surface area contributed by atoms with Gasteiger partial charge in [0.15, 0.2) is 5.82 Å². The molecular weight excluding hydrogens is 393 g/mol. The Labute approximate surface area is 174 Å². The lowest BCUT2D eigenvalue weighted by molar-refractivity contribution is 0.273. The fourth-order valence-corrected chi connectivity index (χ4v) is 2.88. The van der Waals surface area contributed by atoms with Crippen molar-refractivity contribution in [1.29, 1.82) is 0 Å². The molecule has 2 aromatic heterocycles. The molecule has 0 saturated heterocycles. The van der Waals surface area contributed by atoms with Gasteiger partial charge in [-0.15, -0.1) is 12.8 Å². The Morgan fingerprint density at radius 1 is 1.28 bits per heavy atom. The molecule has 4 rings (SSSR count). The molecule has 1 unspecified atom stereocenters. The predicted octanol–water partition coefficient (Wildman–Crippen LogP) is 2.73. The van der Waals surface area contributed by atoms with Gasteiger partial charge in [0.1, 0.15) is 5.04 Å². The zero-order chi connectivity index (χ0) is 21.1. The first-order valence-corrected chi connectivity index (χ1v) is 9.86. The van der Waals surface area contributed by atoms with E-state index >= 15 is 0 Å². The average Bonchev–Trinajstić information content (AvgIpc) is 3.50. The van der Waals surface area contributed by atoms with Crippen LogP contribution in [0.2, 0.25) is 0 Å². The number of halogens is 1. The lowest BCUT2D eigenvalue weighted by Gasteiger charge is -2.10. The number of hydrazone groups is 1. The van der Waals surface area contributed by atoms with Gasteiger partial charge in [-0.1, -0.05) is 17.8 Å². The van der Waals surface area contributed by atoms with E-state index in [9.17, 15) is 4.39 Å². The number of hydrogen-bond donors (Lipinski definition) is 3. The summed E-state index contributed by atoms with van der Waals surface area (Å²) in [6.07, 6.45) is 13.7. The number of aromatic nitrogens is 3. The van der Waals surface area contributed by atoms with Crippen molar-refractivity contribution in [3.8, 4) is 18.7 Å². The van der Waals surface area contributed by atoms with Gasteiger partial charge in [0.2, 0.25) is 11.8 Å². The standard InChI is InChI=1S/C12H17FN6OS.C5H5N.C2H2/c1-6-18-19-8(21-6)4-15-10-9(13)11(17-12(14)16-10)20-5-7-2-3-7;1-2-4-6-5-3-1;1-2/h6-7,18H,2-5H2,1H3,(H3,14,15,16,17);1-5H;1-2H. The molecule has 0 amide bonds. The van der Waals surface area contributed by atoms with E-state index in [1.54, 1.807) is 24.2 Å². The van der Waals surface area contributed by atoms with Crippen LogP contribution >= 0.6 is 11.8 Å². The van der Waals surface area contributed by atoms with Gasteiger partial charge in [0, 0.05) is 12.4 Å². The van der Waals surface area contributed by atoms with E-state index in [0.717, 1.165) is 17.9 Å². The van der Waals surface area contributed by atoms with Crippen LogP contribution in [0.15, 0.2) is 35.7 Å². The van der Waals surface area contributed by atoms with E-state index in [4.69, 9.17) is 10.5 Å². The zero-order valence-electron chi connectivity index (χ0n) is 16.1. The third kappa shape index (κ3) is 7.83. The van der Waals surface area contributed by atoms with E-state index in [2.05, 4.69) is 43.6 Å². The van der Waals surface area contributed by atoms with E-state index < -0.39 is 5.82 Å². The number of hydrogen-bond acceptors (Lipinski definition) is 9. The van der Waals surface area contributed by atoms with Gasteiger partial charge in [0.05, 0.1) is 18.5 Å². The van der Waals surface area contributed by atoms with E-state index in [1.165, 1.54) is 0 Å². The number of terminal acetylenes is 1. The number of nitrogens with two attached hydrogens (primary N) is 1. The van der Waals surface area contributed by atoms with Crippen molar-refractivity contribution in [1.82, 2.24) is 20.4 Å². The number of rotatable bonds is 6. The summed E-state index contributed by atoms with van der Waals surface area (Å²) in [4.78, 5) is 11.5. The Bertz CT molecular complexity index is 788. The molecule has 3 heterocycles. The molecule has 1 atom stereocenters. The topological polar surface area (TPSA) is 110 Å². The molecule has 8 nitrogen and oxygen atoms in total. The van der Waals surface area contributed by atoms with Crippen molar-refractivity contribution in [2.75, 3.05) is 24.2 Å². The van der Waals surface area contributed by atoms with Crippen molar-refractivity contribution < 1.29 is 9.13 Å². The van der Waals surface area contributed by atoms with Crippen LogP contribution in [0.5, 0.6) is 5.88 Å². The second-order valence-corrected chi connectivity index (χ2v) is 7.49. The van der Waals surface area contributed by atoms with Crippen molar-refractivity contribution in [3.63, 3.8) is 0 Å². The van der Waals surface area contributed by atoms with Gasteiger partial charge in [-0.25, -0.2) is 0 Å². The van der Waals surface area contributed by atoms with Gasteiger partial charge < -0.3 is 15.8 Å². The third-order valence-electron chi connectivity index (χ3n) is 3.65. The first-order valence-electron chi connectivity index (χ1n) is 8.98. The summed E-state index contributed by atoms with van der Waals surface area (Å²) in [6, 6.07) is 5.72. The van der Waals surface area contributed by atoms with Gasteiger partial charge in [-0.05, 0) is 37.8 Å². The molecule has 0 aromatic carbocycles. The van der Waals surface area contributed by atoms with Crippen LogP contribution in [0.4, 0.5) is 16.2 Å². The number of nitrogens with one attached hydrogen (secondary N) is 2. The average molecular weight is 418 g/mol. The highest BCUT2D eigenvalue weighted by atomic mass is 32.2. The van der Waals surface area contributed by atoms with Crippen LogP contribution in [-0.2, 0) is 0 Å². The fraction of sp³-hybridized carbons (Fsp3) is 0.368. The Balaban J connectivity index is 0.000000317. The van der Waals surface area contributed by atoms with Crippen LogP contribution in [-0.4, -0.2) is 38.5 Å². The Morgan fingerprint density at radius 3 is 2.52 bits per heavy atom. The Kier molecular flexibility index (Phi) is 8.98. The lowest BCUT2D eigenvalue weighted by Crippen LogP contribution is -2.15. The second-order valence-electron chi connectivity index (χ2n) is 6.08. The number of anilines is 2. The number of thioether (sulfide) groups is 1. The molecule has 29 heavy (non-hydrogen) atoms. The predicted molar refractivity (Wildman–Crippen MR) is 115 cm³/mol. The third-order valence-corrected chi connectivity index (χ3v) is 4.61. The molecule has 1 fully saturated rings. The summed E-state index contributed by atoms with van der Waals surface area (Å²) >= 11 is 1.57. The SMILES string of the molecule is C#C.CC1NN=C(CNc2nc(N)nc(OCC3CC3)c2F)S1.c1ccncc1. The minimum absolute atomic E-state index is 0.0165. The van der Waals surface area contributed by atoms with Gasteiger partial charge >= 0.3 is 0 Å². The van der Waals surface area contributed by atoms with E-state index in [0.29, 0.717) is 19.1 Å². The molecule has 2 aliphatic rings. The molecule has 10 heteroatoms. The molecule has 2 aromatic rings. The van der Waals surface area contributed by atoms with Crippen LogP contribution < -0.4 is 21.2 Å². The first kappa shape index (κ1) is 22.2. The minimum atomic E-state index is -0.616. The van der Waals surface area contributed by atoms with E-state index in [1.807, 2.05) is 25.1 Å². The summed E-state index contributed by atoms with van der Waals surface area (Å²) in [5, 5.41) is 8.05. The number of nitrogen functional groups attached to an aromatic ring is 1. The van der Waals surface area contributed by atoms with Crippen LogP contribution in [0.25, 0.3) is 0 Å². The molecule has 154 valence electrons. The van der Waals surface area contributed by atoms with Gasteiger partial charge in [-0.3, -0.25) is 10.4 Å². The summed E-state index contributed by atoms with van der Waals surface area (Å²) in [5.41, 5.74) is 8.52. The largest absolute Gasteiger partial charge is 0.475 e. The maximum Gasteiger partial charge on any atom is 0.257 e. The summed E-state index contributed by atoms with van der Waals surface area (Å²) < 4.78 is 19.6. The van der Waals surface area contributed by atoms with Crippen LogP contribution in [0, 0.1) is 24.6 Å². The van der Waals surface area contributed by atoms with Gasteiger partial charge in [0.25, 0.3) is 5.88 Å². The van der Waals surface area contributed by atoms with Crippen molar-refractivity contribution in [2.24, 2.45) is 11.0 Å². The highest BCUT2D eigenvalue weighted by Crippen LogP contribution is 2.30. The molecular formula is C19H24FN7OS. The first-order chi connectivity index (χ1) is 14.1. The van der Waals surface area contributed by atoms with Crippen LogP contribution in [0.3, 0.4) is 0 Å². The molecule has 0 spiro atoms. The Hall–Kier alpha value is -3.06. The molecule has 1 aliphatic heterocycles. The molecule has 1 aliphatic carbocycles. The summed E-state index contributed by atoms with van der Waals surface area (Å²) in [7, 11) is 0. The maximum absolute atomic E-state index is 14.2. The van der Waals surface area contributed by atoms with Crippen LogP contribution in [0.1, 0.15) is 19.8 Å². The molecule has 0 bridgehead atoms. The summed E-state index contributed by atoms with van der Waals surface area (Å²) in [5.74, 6) is -0.180. The quantitative estimate of drug-likeness (QED) is 0.616. The maximum atomic E-state index is 14.2. The normalized spacial score (nSPS) is 16.8. The Morgan fingerprint density at radius 2 is 2.00 bits per heavy atom. The number of ether oxygens (including phenoxy) is 1. The monoisotopic (exact) mass is 417 g/mol. The molecule has 0 radical (unpaired) electrons. The smallest absolute Gasteiger partial charge is 0.257 e. The van der Waals surface area contributed by atoms with Gasteiger partial charge in [-0.2, -0.15) is 19.5 Å². The fourth-order valence-electron chi connectivity index (χ4n) is 2.11. The van der Waals surface area contributed by atoms with Crippen molar-refractivity contribution in [3.05, 3.63) is 36.4 Å².